The Morgan fingerprint density at radius 1 is 1.00 bits per heavy atom. The Morgan fingerprint density at radius 2 is 1.70 bits per heavy atom. The number of sulfone groups is 1. The SMILES string of the molecule is CCOc1cc([C@H](Oc2ccc3c(N)nccc3c2)C(=O)N2CCC[C@@H]2c2cc(NC(=O)OC)ccc2S(=O)(=O)C(C)C)ccc1OC(C)C.O=C(O)C(F)(F)F. The molecule has 2 amide bonds. The number of rotatable bonds is 12. The third-order valence-electron chi connectivity index (χ3n) is 8.68. The number of anilines is 2. The molecular weight excluding hydrogens is 774 g/mol. The van der Waals surface area contributed by atoms with Gasteiger partial charge in [0.05, 0.1) is 36.0 Å². The smallest absolute Gasteiger partial charge is 0.490 e. The molecule has 0 bridgehead atoms. The van der Waals surface area contributed by atoms with Gasteiger partial charge in [0.25, 0.3) is 5.91 Å². The van der Waals surface area contributed by atoms with Crippen LogP contribution >= 0.6 is 0 Å². The number of amides is 2. The van der Waals surface area contributed by atoms with Gasteiger partial charge in [-0.2, -0.15) is 13.2 Å². The van der Waals surface area contributed by atoms with E-state index in [0.717, 1.165) is 10.8 Å². The standard InChI is InChI=1S/C37H44N4O8S.C2HF3O2/c1-7-47-32-20-25(10-14-31(32)48-22(2)3)34(49-27-12-13-28-24(19-27)16-17-39-35(28)38)36(42)41-18-8-9-30(41)29-21-26(40-37(43)46-6)11-15-33(29)50(44,45)23(4)5;3-2(4,5)1(6)7/h10-17,19-23,30,34H,7-9,18H2,1-6H3,(H2,38,39)(H,40,43);(H,6,7)/t30-,34+;/m1./s1. The zero-order chi connectivity index (χ0) is 42.2. The lowest BCUT2D eigenvalue weighted by Gasteiger charge is -2.31. The Kier molecular flexibility index (Phi) is 14.2. The molecule has 4 aromatic rings. The molecule has 0 aliphatic carbocycles. The van der Waals surface area contributed by atoms with Crippen LogP contribution in [-0.4, -0.2) is 79.2 Å². The van der Waals surface area contributed by atoms with Crippen LogP contribution in [0.25, 0.3) is 10.8 Å². The number of carboxylic acid groups (broad SMARTS) is 1. The maximum absolute atomic E-state index is 14.8. The molecule has 0 unspecified atom stereocenters. The summed E-state index contributed by atoms with van der Waals surface area (Å²) >= 11 is 0. The first kappa shape index (κ1) is 43.9. The van der Waals surface area contributed by atoms with E-state index in [0.29, 0.717) is 65.9 Å². The number of carbonyl (C=O) groups is 3. The maximum Gasteiger partial charge on any atom is 0.490 e. The van der Waals surface area contributed by atoms with Crippen molar-refractivity contribution in [2.24, 2.45) is 0 Å². The fraction of sp³-hybridized carbons (Fsp3) is 0.385. The highest BCUT2D eigenvalue weighted by Crippen LogP contribution is 2.41. The van der Waals surface area contributed by atoms with Gasteiger partial charge in [-0.15, -0.1) is 0 Å². The number of pyridine rings is 1. The van der Waals surface area contributed by atoms with Crippen LogP contribution in [0.5, 0.6) is 17.2 Å². The molecule has 2 heterocycles. The predicted octanol–water partition coefficient (Wildman–Crippen LogP) is 7.48. The molecule has 1 aliphatic heterocycles. The highest BCUT2D eigenvalue weighted by molar-refractivity contribution is 7.92. The molecule has 1 fully saturated rings. The second kappa shape index (κ2) is 18.4. The molecule has 0 spiro atoms. The van der Waals surface area contributed by atoms with E-state index < -0.39 is 45.5 Å². The van der Waals surface area contributed by atoms with Crippen LogP contribution in [-0.2, 0) is 24.2 Å². The highest BCUT2D eigenvalue weighted by Gasteiger charge is 2.40. The minimum atomic E-state index is -5.08. The molecule has 5 rings (SSSR count). The third-order valence-corrected chi connectivity index (χ3v) is 10.9. The first-order valence-electron chi connectivity index (χ1n) is 17.9. The van der Waals surface area contributed by atoms with Gasteiger partial charge in [0, 0.05) is 29.4 Å². The van der Waals surface area contributed by atoms with Crippen molar-refractivity contribution in [1.82, 2.24) is 9.88 Å². The summed E-state index contributed by atoms with van der Waals surface area (Å²) < 4.78 is 82.2. The van der Waals surface area contributed by atoms with Crippen LogP contribution in [0.2, 0.25) is 0 Å². The molecule has 0 radical (unpaired) electrons. The lowest BCUT2D eigenvalue weighted by Crippen LogP contribution is -2.37. The van der Waals surface area contributed by atoms with E-state index in [4.69, 9.17) is 34.6 Å². The first-order valence-corrected chi connectivity index (χ1v) is 19.4. The number of aliphatic carboxylic acids is 1. The van der Waals surface area contributed by atoms with Gasteiger partial charge < -0.3 is 34.7 Å². The first-order chi connectivity index (χ1) is 26.8. The number of hydrogen-bond donors (Lipinski definition) is 3. The number of halogens is 3. The van der Waals surface area contributed by atoms with E-state index in [9.17, 15) is 31.2 Å². The minimum Gasteiger partial charge on any atom is -0.490 e. The molecule has 18 heteroatoms. The monoisotopic (exact) mass is 818 g/mol. The van der Waals surface area contributed by atoms with Crippen molar-refractivity contribution in [2.75, 3.05) is 31.3 Å². The maximum atomic E-state index is 14.8. The van der Waals surface area contributed by atoms with E-state index in [-0.39, 0.29) is 16.9 Å². The van der Waals surface area contributed by atoms with Crippen molar-refractivity contribution < 1.29 is 60.0 Å². The molecular formula is C39H45F3N4O10S. The van der Waals surface area contributed by atoms with E-state index >= 15 is 0 Å². The van der Waals surface area contributed by atoms with Crippen molar-refractivity contribution in [2.45, 2.75) is 82.0 Å². The second-order valence-electron chi connectivity index (χ2n) is 13.3. The zero-order valence-electron chi connectivity index (χ0n) is 32.1. The Hall–Kier alpha value is -5.78. The molecule has 1 saturated heterocycles. The summed E-state index contributed by atoms with van der Waals surface area (Å²) in [6.45, 7) is 9.63. The van der Waals surface area contributed by atoms with E-state index in [1.165, 1.54) is 19.2 Å². The number of alkyl halides is 3. The summed E-state index contributed by atoms with van der Waals surface area (Å²) in [6.07, 6.45) is -4.33. The Labute approximate surface area is 328 Å². The second-order valence-corrected chi connectivity index (χ2v) is 15.8. The molecule has 0 saturated carbocycles. The van der Waals surface area contributed by atoms with Crippen molar-refractivity contribution in [3.8, 4) is 17.2 Å². The molecule has 3 aromatic carbocycles. The molecule has 14 nitrogen and oxygen atoms in total. The van der Waals surface area contributed by atoms with Crippen molar-refractivity contribution >= 4 is 50.1 Å². The van der Waals surface area contributed by atoms with Gasteiger partial charge in [-0.3, -0.25) is 10.1 Å². The lowest BCUT2D eigenvalue weighted by molar-refractivity contribution is -0.192. The highest BCUT2D eigenvalue weighted by atomic mass is 32.2. The van der Waals surface area contributed by atoms with Gasteiger partial charge in [-0.1, -0.05) is 6.07 Å². The number of ether oxygens (including phenoxy) is 4. The molecule has 57 heavy (non-hydrogen) atoms. The summed E-state index contributed by atoms with van der Waals surface area (Å²) in [6, 6.07) is 16.4. The van der Waals surface area contributed by atoms with Crippen molar-refractivity contribution in [3.63, 3.8) is 0 Å². The Morgan fingerprint density at radius 3 is 2.32 bits per heavy atom. The lowest BCUT2D eigenvalue weighted by atomic mass is 10.0. The molecule has 4 N–H and O–H groups in total. The van der Waals surface area contributed by atoms with Gasteiger partial charge >= 0.3 is 18.2 Å². The summed E-state index contributed by atoms with van der Waals surface area (Å²) in [5, 5.41) is 10.6. The number of likely N-dealkylation sites (tertiary alicyclic amines) is 1. The number of fused-ring (bicyclic) bond motifs is 1. The molecule has 308 valence electrons. The fourth-order valence-electron chi connectivity index (χ4n) is 6.03. The van der Waals surface area contributed by atoms with Gasteiger partial charge in [0.1, 0.15) is 11.6 Å². The van der Waals surface area contributed by atoms with Crippen molar-refractivity contribution in [3.05, 3.63) is 78.0 Å². The number of nitrogens with two attached hydrogens (primary N) is 1. The topological polar surface area (TPSA) is 197 Å². The molecule has 1 aliphatic rings. The number of nitrogens with one attached hydrogen (secondary N) is 1. The van der Waals surface area contributed by atoms with E-state index in [1.807, 2.05) is 26.8 Å². The number of hydrogen-bond acceptors (Lipinski definition) is 11. The summed E-state index contributed by atoms with van der Waals surface area (Å²) in [4.78, 5) is 41.7. The number of nitrogens with zero attached hydrogens (tertiary/aromatic N) is 2. The van der Waals surface area contributed by atoms with Crippen LogP contribution < -0.4 is 25.3 Å². The Bertz CT molecular complexity index is 2200. The van der Waals surface area contributed by atoms with Crippen molar-refractivity contribution in [1.29, 1.82) is 0 Å². The number of methoxy groups -OCH3 is 1. The number of aromatic nitrogens is 1. The molecule has 1 aromatic heterocycles. The number of carbonyl (C=O) groups excluding carboxylic acids is 2. The largest absolute Gasteiger partial charge is 0.490 e. The third kappa shape index (κ3) is 10.8. The number of benzene rings is 3. The number of nitrogen functional groups attached to an aromatic ring is 1. The number of carboxylic acids is 1. The normalized spacial score (nSPS) is 14.8. The fourth-order valence-corrected chi connectivity index (χ4v) is 7.32. The van der Waals surface area contributed by atoms with Crippen LogP contribution in [0, 0.1) is 0 Å². The molecule has 2 atom stereocenters. The summed E-state index contributed by atoms with van der Waals surface area (Å²) in [5.41, 5.74) is 7.35. The van der Waals surface area contributed by atoms with E-state index in [2.05, 4.69) is 10.3 Å². The average molecular weight is 819 g/mol. The van der Waals surface area contributed by atoms with Crippen LogP contribution in [0.15, 0.2) is 71.8 Å². The summed E-state index contributed by atoms with van der Waals surface area (Å²) in [7, 11) is -2.53. The van der Waals surface area contributed by atoms with Crippen LogP contribution in [0.3, 0.4) is 0 Å². The van der Waals surface area contributed by atoms with Gasteiger partial charge in [0.2, 0.25) is 6.10 Å². The van der Waals surface area contributed by atoms with Crippen LogP contribution in [0.4, 0.5) is 29.5 Å². The minimum absolute atomic E-state index is 0.0969. The Balaban J connectivity index is 0.000000940. The predicted molar refractivity (Wildman–Crippen MR) is 205 cm³/mol. The average Bonchev–Trinajstić information content (AvgIpc) is 3.64. The van der Waals surface area contributed by atoms with Gasteiger partial charge in [0.15, 0.2) is 21.3 Å². The van der Waals surface area contributed by atoms with Gasteiger partial charge in [-0.25, -0.2) is 23.0 Å². The van der Waals surface area contributed by atoms with Crippen LogP contribution in [0.1, 0.15) is 70.7 Å². The zero-order valence-corrected chi connectivity index (χ0v) is 32.9. The summed E-state index contributed by atoms with van der Waals surface area (Å²) in [5.74, 6) is -1.34. The van der Waals surface area contributed by atoms with E-state index in [1.54, 1.807) is 67.4 Å². The van der Waals surface area contributed by atoms with Gasteiger partial charge in [-0.05, 0) is 113 Å². The quantitative estimate of drug-likeness (QED) is 0.128.